The number of hydrogen-bond donors (Lipinski definition) is 0. The van der Waals surface area contributed by atoms with E-state index in [0.717, 1.165) is 27.4 Å². The molecule has 0 aliphatic heterocycles. The van der Waals surface area contributed by atoms with Crippen molar-refractivity contribution in [2.24, 2.45) is 0 Å². The summed E-state index contributed by atoms with van der Waals surface area (Å²) in [6.45, 7) is 2.03. The Balaban J connectivity index is 1.94. The first-order valence-electron chi connectivity index (χ1n) is 7.06. The molecule has 0 amide bonds. The van der Waals surface area contributed by atoms with E-state index in [0.29, 0.717) is 10.6 Å². The summed E-state index contributed by atoms with van der Waals surface area (Å²) in [6.07, 6.45) is 1.87. The zero-order chi connectivity index (χ0) is 16.2. The number of thiazole rings is 1. The smallest absolute Gasteiger partial charge is 0.134 e. The van der Waals surface area contributed by atoms with Crippen molar-refractivity contribution in [3.63, 3.8) is 0 Å². The average Bonchev–Trinajstić information content (AvgIpc) is 3.03. The summed E-state index contributed by atoms with van der Waals surface area (Å²) in [5.74, 6) is 0. The number of nitrogens with zero attached hydrogens (tertiary/aromatic N) is 2. The van der Waals surface area contributed by atoms with E-state index in [9.17, 15) is 5.26 Å². The lowest BCUT2D eigenvalue weighted by Gasteiger charge is -1.98. The van der Waals surface area contributed by atoms with Gasteiger partial charge in [-0.25, -0.2) is 4.98 Å². The highest BCUT2D eigenvalue weighted by Crippen LogP contribution is 2.28. The fourth-order valence-electron chi connectivity index (χ4n) is 2.22. The molecule has 0 radical (unpaired) electrons. The molecule has 0 N–H and O–H groups in total. The number of benzene rings is 2. The van der Waals surface area contributed by atoms with E-state index in [2.05, 4.69) is 11.1 Å². The molecular weight excluding hydrogens is 324 g/mol. The molecule has 2 nitrogen and oxygen atoms in total. The van der Waals surface area contributed by atoms with Crippen LogP contribution in [0.25, 0.3) is 22.9 Å². The van der Waals surface area contributed by atoms with Gasteiger partial charge in [0.25, 0.3) is 0 Å². The van der Waals surface area contributed by atoms with Crippen molar-refractivity contribution in [3.8, 4) is 17.3 Å². The monoisotopic (exact) mass is 336 g/mol. The maximum Gasteiger partial charge on any atom is 0.134 e. The molecule has 0 aliphatic rings. The van der Waals surface area contributed by atoms with Crippen LogP contribution in [0.5, 0.6) is 0 Å². The maximum absolute atomic E-state index is 9.46. The molecular formula is C19H13ClN2S. The zero-order valence-corrected chi connectivity index (χ0v) is 14.0. The molecule has 0 fully saturated rings. The predicted octanol–water partition coefficient (Wildman–Crippen LogP) is 5.84. The molecule has 0 aliphatic carbocycles. The highest BCUT2D eigenvalue weighted by molar-refractivity contribution is 7.11. The fraction of sp³-hybridized carbons (Fsp3) is 0.0526. The second kappa shape index (κ2) is 6.78. The molecule has 1 heterocycles. The Morgan fingerprint density at radius 1 is 1.22 bits per heavy atom. The first-order valence-corrected chi connectivity index (χ1v) is 8.32. The average molecular weight is 337 g/mol. The molecule has 2 aromatic carbocycles. The lowest BCUT2D eigenvalue weighted by atomic mass is 10.1. The van der Waals surface area contributed by atoms with E-state index >= 15 is 0 Å². The van der Waals surface area contributed by atoms with Crippen molar-refractivity contribution < 1.29 is 0 Å². The number of allylic oxidation sites excluding steroid dienone is 1. The minimum Gasteiger partial charge on any atom is -0.235 e. The van der Waals surface area contributed by atoms with Gasteiger partial charge in [-0.1, -0.05) is 53.6 Å². The lowest BCUT2D eigenvalue weighted by Crippen LogP contribution is -1.83. The summed E-state index contributed by atoms with van der Waals surface area (Å²) in [7, 11) is 0. The van der Waals surface area contributed by atoms with Crippen molar-refractivity contribution in [2.45, 2.75) is 6.92 Å². The van der Waals surface area contributed by atoms with Crippen LogP contribution >= 0.6 is 22.9 Å². The van der Waals surface area contributed by atoms with E-state index in [1.807, 2.05) is 66.9 Å². The minimum atomic E-state index is 0.570. The number of nitriles is 1. The molecule has 0 bridgehead atoms. The number of halogens is 1. The van der Waals surface area contributed by atoms with Gasteiger partial charge in [-0.3, -0.25) is 0 Å². The Bertz CT molecular complexity index is 902. The van der Waals surface area contributed by atoms with Crippen LogP contribution in [0.3, 0.4) is 0 Å². The SMILES string of the molecule is Cc1cccc(/C=C(/C#N)c2nc(-c3ccc(Cl)cc3)cs2)c1. The van der Waals surface area contributed by atoms with Crippen LogP contribution in [-0.2, 0) is 0 Å². The van der Waals surface area contributed by atoms with Crippen LogP contribution in [-0.4, -0.2) is 4.98 Å². The second-order valence-corrected chi connectivity index (χ2v) is 6.42. The summed E-state index contributed by atoms with van der Waals surface area (Å²) >= 11 is 7.38. The Morgan fingerprint density at radius 2 is 2.00 bits per heavy atom. The van der Waals surface area contributed by atoms with Gasteiger partial charge in [0.15, 0.2) is 0 Å². The van der Waals surface area contributed by atoms with E-state index in [4.69, 9.17) is 11.6 Å². The Kier molecular flexibility index (Phi) is 4.57. The van der Waals surface area contributed by atoms with Crippen LogP contribution in [0.15, 0.2) is 53.9 Å². The Labute approximate surface area is 144 Å². The first kappa shape index (κ1) is 15.5. The molecule has 3 aromatic rings. The standard InChI is InChI=1S/C19H13ClN2S/c1-13-3-2-4-14(9-13)10-16(11-21)19-22-18(12-23-19)15-5-7-17(20)8-6-15/h2-10,12H,1H3/b16-10-. The van der Waals surface area contributed by atoms with Gasteiger partial charge in [0.2, 0.25) is 0 Å². The summed E-state index contributed by atoms with van der Waals surface area (Å²) in [5.41, 5.74) is 4.58. The van der Waals surface area contributed by atoms with Crippen LogP contribution in [0.1, 0.15) is 16.1 Å². The number of hydrogen-bond acceptors (Lipinski definition) is 3. The van der Waals surface area contributed by atoms with Crippen LogP contribution in [0, 0.1) is 18.3 Å². The highest BCUT2D eigenvalue weighted by Gasteiger charge is 2.09. The number of rotatable bonds is 3. The summed E-state index contributed by atoms with van der Waals surface area (Å²) in [6, 6.07) is 17.8. The molecule has 0 saturated heterocycles. The number of aromatic nitrogens is 1. The van der Waals surface area contributed by atoms with Gasteiger partial charge in [-0.05, 0) is 30.7 Å². The topological polar surface area (TPSA) is 36.7 Å². The summed E-state index contributed by atoms with van der Waals surface area (Å²) < 4.78 is 0. The van der Waals surface area contributed by atoms with Gasteiger partial charge < -0.3 is 0 Å². The zero-order valence-electron chi connectivity index (χ0n) is 12.5. The van der Waals surface area contributed by atoms with E-state index in [-0.39, 0.29) is 0 Å². The van der Waals surface area contributed by atoms with Crippen LogP contribution < -0.4 is 0 Å². The summed E-state index contributed by atoms with van der Waals surface area (Å²) in [4.78, 5) is 4.58. The molecule has 23 heavy (non-hydrogen) atoms. The van der Waals surface area contributed by atoms with Gasteiger partial charge in [0.1, 0.15) is 11.1 Å². The second-order valence-electron chi connectivity index (χ2n) is 5.13. The molecule has 0 saturated carbocycles. The van der Waals surface area contributed by atoms with E-state index < -0.39 is 0 Å². The Hall–Kier alpha value is -2.41. The minimum absolute atomic E-state index is 0.570. The predicted molar refractivity (Wildman–Crippen MR) is 97.2 cm³/mol. The fourth-order valence-corrected chi connectivity index (χ4v) is 3.14. The van der Waals surface area contributed by atoms with Crippen LogP contribution in [0.4, 0.5) is 0 Å². The lowest BCUT2D eigenvalue weighted by molar-refractivity contribution is 1.37. The van der Waals surface area contributed by atoms with E-state index in [1.165, 1.54) is 11.3 Å². The van der Waals surface area contributed by atoms with E-state index in [1.54, 1.807) is 0 Å². The van der Waals surface area contributed by atoms with Crippen molar-refractivity contribution in [3.05, 3.63) is 75.1 Å². The van der Waals surface area contributed by atoms with Gasteiger partial charge in [0.05, 0.1) is 11.3 Å². The van der Waals surface area contributed by atoms with Crippen molar-refractivity contribution in [1.29, 1.82) is 5.26 Å². The largest absolute Gasteiger partial charge is 0.235 e. The molecule has 0 spiro atoms. The normalized spacial score (nSPS) is 11.3. The van der Waals surface area contributed by atoms with Gasteiger partial charge in [0, 0.05) is 16.0 Å². The Morgan fingerprint density at radius 3 is 2.70 bits per heavy atom. The third-order valence-corrected chi connectivity index (χ3v) is 4.48. The van der Waals surface area contributed by atoms with Crippen molar-refractivity contribution in [1.82, 2.24) is 4.98 Å². The first-order chi connectivity index (χ1) is 11.2. The van der Waals surface area contributed by atoms with Gasteiger partial charge in [-0.2, -0.15) is 5.26 Å². The molecule has 0 atom stereocenters. The molecule has 0 unspecified atom stereocenters. The third kappa shape index (κ3) is 3.68. The number of aryl methyl sites for hydroxylation is 1. The molecule has 3 rings (SSSR count). The quantitative estimate of drug-likeness (QED) is 0.564. The molecule has 4 heteroatoms. The van der Waals surface area contributed by atoms with Gasteiger partial charge in [-0.15, -0.1) is 11.3 Å². The molecule has 1 aromatic heterocycles. The molecule has 112 valence electrons. The maximum atomic E-state index is 9.46. The van der Waals surface area contributed by atoms with Crippen molar-refractivity contribution >= 4 is 34.6 Å². The van der Waals surface area contributed by atoms with Crippen molar-refractivity contribution in [2.75, 3.05) is 0 Å². The summed E-state index contributed by atoms with van der Waals surface area (Å²) in [5, 5.41) is 12.8. The highest BCUT2D eigenvalue weighted by atomic mass is 35.5. The third-order valence-electron chi connectivity index (χ3n) is 3.35. The van der Waals surface area contributed by atoms with Crippen LogP contribution in [0.2, 0.25) is 5.02 Å². The van der Waals surface area contributed by atoms with Gasteiger partial charge >= 0.3 is 0 Å².